The van der Waals surface area contributed by atoms with E-state index in [9.17, 15) is 4.79 Å². The van der Waals surface area contributed by atoms with E-state index in [1.165, 1.54) is 12.4 Å². The van der Waals surface area contributed by atoms with E-state index in [4.69, 9.17) is 9.84 Å². The van der Waals surface area contributed by atoms with E-state index < -0.39 is 5.97 Å². The standard InChI is InChI=1S/C17H12N2O3/c20-16(21)9-7-12-6-8-15-14(10-12)17(19-11-18-15)22-13-4-2-1-3-5-13/h1-11H,(H,20,21)/b9-7+. The van der Waals surface area contributed by atoms with Crippen LogP contribution in [0.5, 0.6) is 11.6 Å². The van der Waals surface area contributed by atoms with Gasteiger partial charge in [0.05, 0.1) is 10.9 Å². The van der Waals surface area contributed by atoms with Gasteiger partial charge in [-0.25, -0.2) is 14.8 Å². The Balaban J connectivity index is 2.02. The number of carbonyl (C=O) groups is 1. The molecule has 0 aliphatic heterocycles. The Morgan fingerprint density at radius 2 is 1.91 bits per heavy atom. The highest BCUT2D eigenvalue weighted by molar-refractivity contribution is 5.89. The van der Waals surface area contributed by atoms with Gasteiger partial charge in [0.25, 0.3) is 0 Å². The number of nitrogens with zero attached hydrogens (tertiary/aromatic N) is 2. The number of hydrogen-bond donors (Lipinski definition) is 1. The van der Waals surface area contributed by atoms with Crippen LogP contribution in [0.1, 0.15) is 5.56 Å². The summed E-state index contributed by atoms with van der Waals surface area (Å²) in [7, 11) is 0. The molecule has 2 aromatic carbocycles. The van der Waals surface area contributed by atoms with Crippen LogP contribution in [-0.2, 0) is 4.79 Å². The molecule has 0 aliphatic carbocycles. The predicted octanol–water partition coefficient (Wildman–Crippen LogP) is 3.52. The SMILES string of the molecule is O=C(O)/C=C/c1ccc2ncnc(Oc3ccccc3)c2c1. The third kappa shape index (κ3) is 3.09. The van der Waals surface area contributed by atoms with Crippen LogP contribution >= 0.6 is 0 Å². The zero-order valence-corrected chi connectivity index (χ0v) is 11.5. The average molecular weight is 292 g/mol. The molecule has 0 fully saturated rings. The number of rotatable bonds is 4. The van der Waals surface area contributed by atoms with Crippen molar-refractivity contribution in [2.75, 3.05) is 0 Å². The minimum Gasteiger partial charge on any atom is -0.478 e. The molecule has 0 radical (unpaired) electrons. The molecule has 0 amide bonds. The van der Waals surface area contributed by atoms with Crippen LogP contribution in [0.2, 0.25) is 0 Å². The van der Waals surface area contributed by atoms with Crippen molar-refractivity contribution < 1.29 is 14.6 Å². The second-order valence-corrected chi connectivity index (χ2v) is 4.54. The summed E-state index contributed by atoms with van der Waals surface area (Å²) in [6.07, 6.45) is 4.04. The second-order valence-electron chi connectivity index (χ2n) is 4.54. The Hall–Kier alpha value is -3.21. The summed E-state index contributed by atoms with van der Waals surface area (Å²) in [5, 5.41) is 9.42. The number of para-hydroxylation sites is 1. The highest BCUT2D eigenvalue weighted by atomic mass is 16.5. The maximum Gasteiger partial charge on any atom is 0.328 e. The number of aromatic nitrogens is 2. The number of ether oxygens (including phenoxy) is 1. The van der Waals surface area contributed by atoms with Gasteiger partial charge in [0.2, 0.25) is 5.88 Å². The topological polar surface area (TPSA) is 72.3 Å². The van der Waals surface area contributed by atoms with Crippen molar-refractivity contribution in [1.82, 2.24) is 9.97 Å². The number of aliphatic carboxylic acids is 1. The maximum atomic E-state index is 10.6. The summed E-state index contributed by atoms with van der Waals surface area (Å²) >= 11 is 0. The van der Waals surface area contributed by atoms with Crippen LogP contribution in [0.25, 0.3) is 17.0 Å². The van der Waals surface area contributed by atoms with Gasteiger partial charge < -0.3 is 9.84 Å². The lowest BCUT2D eigenvalue weighted by Crippen LogP contribution is -1.92. The fourth-order valence-corrected chi connectivity index (χ4v) is 2.00. The molecule has 0 bridgehead atoms. The van der Waals surface area contributed by atoms with E-state index in [1.54, 1.807) is 18.2 Å². The van der Waals surface area contributed by atoms with E-state index in [2.05, 4.69) is 9.97 Å². The van der Waals surface area contributed by atoms with E-state index in [1.807, 2.05) is 30.3 Å². The lowest BCUT2D eigenvalue weighted by Gasteiger charge is -2.07. The normalized spacial score (nSPS) is 10.9. The molecule has 3 aromatic rings. The van der Waals surface area contributed by atoms with Gasteiger partial charge in [0.15, 0.2) is 0 Å². The van der Waals surface area contributed by atoms with Crippen molar-refractivity contribution >= 4 is 22.9 Å². The quantitative estimate of drug-likeness (QED) is 0.745. The molecule has 0 aliphatic rings. The third-order valence-corrected chi connectivity index (χ3v) is 3.00. The van der Waals surface area contributed by atoms with Gasteiger partial charge in [-0.1, -0.05) is 24.3 Å². The molecule has 0 unspecified atom stereocenters. The smallest absolute Gasteiger partial charge is 0.328 e. The summed E-state index contributed by atoms with van der Waals surface area (Å²) in [4.78, 5) is 19.0. The molecule has 22 heavy (non-hydrogen) atoms. The van der Waals surface area contributed by atoms with Gasteiger partial charge in [-0.05, 0) is 35.9 Å². The number of carboxylic acids is 1. The molecule has 0 saturated heterocycles. The molecule has 1 N–H and O–H groups in total. The van der Waals surface area contributed by atoms with E-state index in [-0.39, 0.29) is 0 Å². The largest absolute Gasteiger partial charge is 0.478 e. The first kappa shape index (κ1) is 13.8. The molecule has 5 nitrogen and oxygen atoms in total. The summed E-state index contributed by atoms with van der Waals surface area (Å²) in [6.45, 7) is 0. The lowest BCUT2D eigenvalue weighted by atomic mass is 10.1. The monoisotopic (exact) mass is 292 g/mol. The van der Waals surface area contributed by atoms with Gasteiger partial charge in [-0.3, -0.25) is 0 Å². The van der Waals surface area contributed by atoms with Crippen LogP contribution in [-0.4, -0.2) is 21.0 Å². The van der Waals surface area contributed by atoms with Crippen molar-refractivity contribution in [3.63, 3.8) is 0 Å². The minimum atomic E-state index is -0.995. The van der Waals surface area contributed by atoms with Crippen LogP contribution in [0.3, 0.4) is 0 Å². The molecule has 0 spiro atoms. The third-order valence-electron chi connectivity index (χ3n) is 3.00. The van der Waals surface area contributed by atoms with Gasteiger partial charge in [0, 0.05) is 6.08 Å². The Bertz CT molecular complexity index is 845. The van der Waals surface area contributed by atoms with Crippen LogP contribution in [0.15, 0.2) is 60.9 Å². The summed E-state index contributed by atoms with van der Waals surface area (Å²) in [5.41, 5.74) is 1.47. The van der Waals surface area contributed by atoms with Gasteiger partial charge in [-0.2, -0.15) is 0 Å². The fourth-order valence-electron chi connectivity index (χ4n) is 2.00. The molecular weight excluding hydrogens is 280 g/mol. The summed E-state index contributed by atoms with van der Waals surface area (Å²) < 4.78 is 5.78. The Labute approximate surface area is 126 Å². The highest BCUT2D eigenvalue weighted by Gasteiger charge is 2.06. The van der Waals surface area contributed by atoms with Gasteiger partial charge in [0.1, 0.15) is 12.1 Å². The average Bonchev–Trinajstić information content (AvgIpc) is 2.54. The van der Waals surface area contributed by atoms with Crippen molar-refractivity contribution in [2.24, 2.45) is 0 Å². The highest BCUT2D eigenvalue weighted by Crippen LogP contribution is 2.27. The van der Waals surface area contributed by atoms with Crippen LogP contribution in [0.4, 0.5) is 0 Å². The molecule has 1 aromatic heterocycles. The Morgan fingerprint density at radius 3 is 2.68 bits per heavy atom. The van der Waals surface area contributed by atoms with Gasteiger partial charge >= 0.3 is 5.97 Å². The fraction of sp³-hybridized carbons (Fsp3) is 0. The minimum absolute atomic E-state index is 0.432. The first-order valence-corrected chi connectivity index (χ1v) is 6.61. The lowest BCUT2D eigenvalue weighted by molar-refractivity contribution is -0.131. The zero-order valence-electron chi connectivity index (χ0n) is 11.5. The Kier molecular flexibility index (Phi) is 3.78. The molecule has 108 valence electrons. The molecule has 0 atom stereocenters. The molecule has 3 rings (SSSR count). The van der Waals surface area contributed by atoms with Crippen molar-refractivity contribution in [3.8, 4) is 11.6 Å². The number of fused-ring (bicyclic) bond motifs is 1. The first-order valence-electron chi connectivity index (χ1n) is 6.61. The van der Waals surface area contributed by atoms with E-state index in [0.29, 0.717) is 11.6 Å². The number of benzene rings is 2. The maximum absolute atomic E-state index is 10.6. The van der Waals surface area contributed by atoms with E-state index in [0.717, 1.165) is 22.5 Å². The number of hydrogen-bond acceptors (Lipinski definition) is 4. The Morgan fingerprint density at radius 1 is 1.09 bits per heavy atom. The number of carboxylic acid groups (broad SMARTS) is 1. The molecule has 0 saturated carbocycles. The second kappa shape index (κ2) is 6.05. The van der Waals surface area contributed by atoms with Crippen molar-refractivity contribution in [1.29, 1.82) is 0 Å². The summed E-state index contributed by atoms with van der Waals surface area (Å²) in [6, 6.07) is 14.7. The summed E-state index contributed by atoms with van der Waals surface area (Å²) in [5.74, 6) is 0.112. The van der Waals surface area contributed by atoms with Crippen LogP contribution in [0, 0.1) is 0 Å². The molecular formula is C17H12N2O3. The molecule has 5 heteroatoms. The predicted molar refractivity (Wildman–Crippen MR) is 82.7 cm³/mol. The van der Waals surface area contributed by atoms with Gasteiger partial charge in [-0.15, -0.1) is 0 Å². The zero-order chi connectivity index (χ0) is 15.4. The van der Waals surface area contributed by atoms with E-state index >= 15 is 0 Å². The van der Waals surface area contributed by atoms with Crippen LogP contribution < -0.4 is 4.74 Å². The molecule has 1 heterocycles. The van der Waals surface area contributed by atoms with Crippen molar-refractivity contribution in [3.05, 3.63) is 66.5 Å². The van der Waals surface area contributed by atoms with Crippen molar-refractivity contribution in [2.45, 2.75) is 0 Å². The first-order chi connectivity index (χ1) is 10.7.